The fraction of sp³-hybridized carbons (Fsp3) is 0.348. The number of hydrogen-bond donors (Lipinski definition) is 2. The summed E-state index contributed by atoms with van der Waals surface area (Å²) >= 11 is 0. The molecule has 1 fully saturated rings. The van der Waals surface area contributed by atoms with Crippen LogP contribution in [0.3, 0.4) is 0 Å². The Morgan fingerprint density at radius 3 is 2.61 bits per heavy atom. The van der Waals surface area contributed by atoms with Gasteiger partial charge in [-0.2, -0.15) is 0 Å². The number of hydrogen-bond acceptors (Lipinski definition) is 4. The van der Waals surface area contributed by atoms with Crippen molar-refractivity contribution in [1.29, 1.82) is 0 Å². The van der Waals surface area contributed by atoms with Crippen molar-refractivity contribution in [3.8, 4) is 5.75 Å². The average Bonchev–Trinajstić information content (AvgIpc) is 3.37. The Morgan fingerprint density at radius 1 is 1.11 bits per heavy atom. The molecule has 5 nitrogen and oxygen atoms in total. The SMILES string of the molecule is COc1ccc2c(CC(=O)Nc3ccc(NCC4CCCC4)cc3)coc2c1. The van der Waals surface area contributed by atoms with Crippen molar-refractivity contribution in [3.63, 3.8) is 0 Å². The van der Waals surface area contributed by atoms with Gasteiger partial charge in [0.05, 0.1) is 19.8 Å². The standard InChI is InChI=1S/C23H26N2O3/c1-27-20-10-11-21-17(15-28-22(21)13-20)12-23(26)25-19-8-6-18(7-9-19)24-14-16-4-2-3-5-16/h6-11,13,15-16,24H,2-5,12,14H2,1H3,(H,25,26). The lowest BCUT2D eigenvalue weighted by Crippen LogP contribution is -2.14. The first-order chi connectivity index (χ1) is 13.7. The first-order valence-corrected chi connectivity index (χ1v) is 9.89. The molecule has 28 heavy (non-hydrogen) atoms. The molecule has 5 heteroatoms. The molecule has 1 saturated carbocycles. The van der Waals surface area contributed by atoms with Crippen LogP contribution >= 0.6 is 0 Å². The molecule has 2 aromatic carbocycles. The fourth-order valence-electron chi connectivity index (χ4n) is 3.85. The Labute approximate surface area is 165 Å². The minimum atomic E-state index is -0.0646. The Balaban J connectivity index is 1.33. The monoisotopic (exact) mass is 378 g/mol. The van der Waals surface area contributed by atoms with Crippen LogP contribution in [0.1, 0.15) is 31.2 Å². The minimum absolute atomic E-state index is 0.0646. The smallest absolute Gasteiger partial charge is 0.228 e. The number of ether oxygens (including phenoxy) is 1. The van der Waals surface area contributed by atoms with Gasteiger partial charge in [0.25, 0.3) is 0 Å². The van der Waals surface area contributed by atoms with E-state index in [4.69, 9.17) is 9.15 Å². The molecule has 1 heterocycles. The second-order valence-corrected chi connectivity index (χ2v) is 7.46. The Kier molecular flexibility index (Phi) is 5.51. The molecule has 0 radical (unpaired) electrons. The molecule has 0 aliphatic heterocycles. The Hall–Kier alpha value is -2.95. The van der Waals surface area contributed by atoms with Crippen molar-refractivity contribution < 1.29 is 13.9 Å². The van der Waals surface area contributed by atoms with Gasteiger partial charge in [-0.3, -0.25) is 4.79 Å². The predicted molar refractivity (Wildman–Crippen MR) is 112 cm³/mol. The van der Waals surface area contributed by atoms with Crippen molar-refractivity contribution in [1.82, 2.24) is 0 Å². The third-order valence-electron chi connectivity index (χ3n) is 5.45. The highest BCUT2D eigenvalue weighted by Gasteiger charge is 2.14. The second-order valence-electron chi connectivity index (χ2n) is 7.46. The van der Waals surface area contributed by atoms with Gasteiger partial charge in [-0.05, 0) is 55.2 Å². The summed E-state index contributed by atoms with van der Waals surface area (Å²) in [5.41, 5.74) is 3.48. The van der Waals surface area contributed by atoms with Crippen LogP contribution in [0.2, 0.25) is 0 Å². The maximum Gasteiger partial charge on any atom is 0.228 e. The maximum atomic E-state index is 12.4. The van der Waals surface area contributed by atoms with Gasteiger partial charge < -0.3 is 19.8 Å². The van der Waals surface area contributed by atoms with E-state index in [0.29, 0.717) is 0 Å². The zero-order chi connectivity index (χ0) is 19.3. The summed E-state index contributed by atoms with van der Waals surface area (Å²) in [6, 6.07) is 13.5. The normalized spacial score (nSPS) is 14.3. The van der Waals surface area contributed by atoms with Gasteiger partial charge in [-0.1, -0.05) is 12.8 Å². The molecule has 1 amide bonds. The molecule has 2 N–H and O–H groups in total. The van der Waals surface area contributed by atoms with Gasteiger partial charge in [0, 0.05) is 34.9 Å². The van der Waals surface area contributed by atoms with E-state index in [1.54, 1.807) is 13.4 Å². The van der Waals surface area contributed by atoms with Gasteiger partial charge in [0.2, 0.25) is 5.91 Å². The summed E-state index contributed by atoms with van der Waals surface area (Å²) in [5, 5.41) is 7.39. The first kappa shape index (κ1) is 18.4. The van der Waals surface area contributed by atoms with Crippen LogP contribution in [0.4, 0.5) is 11.4 Å². The van der Waals surface area contributed by atoms with Gasteiger partial charge in [0.1, 0.15) is 11.3 Å². The van der Waals surface area contributed by atoms with Gasteiger partial charge in [-0.25, -0.2) is 0 Å². The lowest BCUT2D eigenvalue weighted by molar-refractivity contribution is -0.115. The van der Waals surface area contributed by atoms with E-state index in [-0.39, 0.29) is 12.3 Å². The molecule has 146 valence electrons. The molecule has 1 aliphatic carbocycles. The second kappa shape index (κ2) is 8.38. The fourth-order valence-corrected chi connectivity index (χ4v) is 3.85. The van der Waals surface area contributed by atoms with E-state index >= 15 is 0 Å². The van der Waals surface area contributed by atoms with E-state index in [1.807, 2.05) is 42.5 Å². The van der Waals surface area contributed by atoms with E-state index in [0.717, 1.165) is 46.1 Å². The molecule has 0 spiro atoms. The molecule has 0 atom stereocenters. The highest BCUT2D eigenvalue weighted by Crippen LogP contribution is 2.27. The van der Waals surface area contributed by atoms with Gasteiger partial charge in [-0.15, -0.1) is 0 Å². The van der Waals surface area contributed by atoms with Crippen LogP contribution in [0.15, 0.2) is 53.1 Å². The molecular formula is C23H26N2O3. The van der Waals surface area contributed by atoms with Crippen LogP contribution in [-0.2, 0) is 11.2 Å². The van der Waals surface area contributed by atoms with Crippen LogP contribution < -0.4 is 15.4 Å². The molecular weight excluding hydrogens is 352 g/mol. The Bertz CT molecular complexity index is 940. The van der Waals surface area contributed by atoms with Crippen molar-refractivity contribution in [2.45, 2.75) is 32.1 Å². The summed E-state index contributed by atoms with van der Waals surface area (Å²) < 4.78 is 10.8. The summed E-state index contributed by atoms with van der Waals surface area (Å²) in [6.45, 7) is 1.03. The van der Waals surface area contributed by atoms with Crippen molar-refractivity contribution in [3.05, 3.63) is 54.3 Å². The molecule has 1 aliphatic rings. The van der Waals surface area contributed by atoms with E-state index in [2.05, 4.69) is 10.6 Å². The zero-order valence-electron chi connectivity index (χ0n) is 16.2. The Morgan fingerprint density at radius 2 is 1.86 bits per heavy atom. The number of amides is 1. The number of furan rings is 1. The van der Waals surface area contributed by atoms with E-state index in [9.17, 15) is 4.79 Å². The molecule has 0 saturated heterocycles. The van der Waals surface area contributed by atoms with Crippen LogP contribution in [-0.4, -0.2) is 19.6 Å². The molecule has 4 rings (SSSR count). The lowest BCUT2D eigenvalue weighted by atomic mass is 10.1. The highest BCUT2D eigenvalue weighted by atomic mass is 16.5. The number of carbonyl (C=O) groups excluding carboxylic acids is 1. The van der Waals surface area contributed by atoms with E-state index in [1.165, 1.54) is 25.7 Å². The van der Waals surface area contributed by atoms with Crippen molar-refractivity contribution in [2.24, 2.45) is 5.92 Å². The number of nitrogens with one attached hydrogen (secondary N) is 2. The summed E-state index contributed by atoms with van der Waals surface area (Å²) in [5.74, 6) is 1.47. The average molecular weight is 378 g/mol. The molecule has 0 bridgehead atoms. The number of carbonyl (C=O) groups is 1. The van der Waals surface area contributed by atoms with E-state index < -0.39 is 0 Å². The topological polar surface area (TPSA) is 63.5 Å². The third kappa shape index (κ3) is 4.30. The summed E-state index contributed by atoms with van der Waals surface area (Å²) in [4.78, 5) is 12.4. The number of anilines is 2. The minimum Gasteiger partial charge on any atom is -0.497 e. The summed E-state index contributed by atoms with van der Waals surface area (Å²) in [6.07, 6.45) is 7.28. The lowest BCUT2D eigenvalue weighted by Gasteiger charge is -2.12. The number of fused-ring (bicyclic) bond motifs is 1. The zero-order valence-corrected chi connectivity index (χ0v) is 16.2. The van der Waals surface area contributed by atoms with Gasteiger partial charge in [0.15, 0.2) is 0 Å². The maximum absolute atomic E-state index is 12.4. The number of methoxy groups -OCH3 is 1. The van der Waals surface area contributed by atoms with Crippen LogP contribution in [0.25, 0.3) is 11.0 Å². The molecule has 1 aromatic heterocycles. The number of benzene rings is 2. The summed E-state index contributed by atoms with van der Waals surface area (Å²) in [7, 11) is 1.62. The largest absolute Gasteiger partial charge is 0.497 e. The van der Waals surface area contributed by atoms with Crippen LogP contribution in [0.5, 0.6) is 5.75 Å². The van der Waals surface area contributed by atoms with Gasteiger partial charge >= 0.3 is 0 Å². The van der Waals surface area contributed by atoms with Crippen molar-refractivity contribution >= 4 is 28.3 Å². The number of rotatable bonds is 7. The first-order valence-electron chi connectivity index (χ1n) is 9.89. The molecule has 3 aromatic rings. The van der Waals surface area contributed by atoms with Crippen molar-refractivity contribution in [2.75, 3.05) is 24.3 Å². The van der Waals surface area contributed by atoms with Crippen LogP contribution in [0, 0.1) is 5.92 Å². The third-order valence-corrected chi connectivity index (χ3v) is 5.45. The molecule has 0 unspecified atom stereocenters. The predicted octanol–water partition coefficient (Wildman–Crippen LogP) is 5.22. The highest BCUT2D eigenvalue weighted by molar-refractivity contribution is 5.95. The quantitative estimate of drug-likeness (QED) is 0.591.